The first-order valence-corrected chi connectivity index (χ1v) is 11.4. The first kappa shape index (κ1) is 22.0. The van der Waals surface area contributed by atoms with Crippen molar-refractivity contribution in [2.45, 2.75) is 13.8 Å². The van der Waals surface area contributed by atoms with Gasteiger partial charge in [-0.15, -0.1) is 0 Å². The zero-order chi connectivity index (χ0) is 23.3. The lowest BCUT2D eigenvalue weighted by molar-refractivity contribution is 0.122. The summed E-state index contributed by atoms with van der Waals surface area (Å²) in [6.07, 6.45) is 3.38. The van der Waals surface area contributed by atoms with E-state index in [9.17, 15) is 0 Å². The van der Waals surface area contributed by atoms with Crippen LogP contribution in [0.5, 0.6) is 11.6 Å². The molecule has 5 rings (SSSR count). The Balaban J connectivity index is 1.34. The van der Waals surface area contributed by atoms with Crippen LogP contribution in [0.3, 0.4) is 0 Å². The van der Waals surface area contributed by atoms with Gasteiger partial charge >= 0.3 is 0 Å². The fourth-order valence-electron chi connectivity index (χ4n) is 3.90. The minimum atomic E-state index is 0.349. The Hall–Kier alpha value is -3.85. The van der Waals surface area contributed by atoms with Gasteiger partial charge in [-0.3, -0.25) is 4.98 Å². The third-order valence-corrected chi connectivity index (χ3v) is 5.82. The smallest absolute Gasteiger partial charge is 0.232 e. The molecule has 1 aromatic carbocycles. The highest BCUT2D eigenvalue weighted by molar-refractivity contribution is 5.88. The number of nitrogens with one attached hydrogen (secondary N) is 2. The Bertz CT molecular complexity index is 1250. The van der Waals surface area contributed by atoms with Crippen LogP contribution in [0.1, 0.15) is 11.3 Å². The molecule has 1 aliphatic heterocycles. The molecule has 34 heavy (non-hydrogen) atoms. The van der Waals surface area contributed by atoms with Gasteiger partial charge in [-0.2, -0.15) is 9.97 Å². The zero-order valence-corrected chi connectivity index (χ0v) is 19.4. The van der Waals surface area contributed by atoms with Crippen molar-refractivity contribution in [1.29, 1.82) is 0 Å². The number of aryl methyl sites for hydroxylation is 2. The molecule has 0 spiro atoms. The van der Waals surface area contributed by atoms with Gasteiger partial charge in [0.2, 0.25) is 11.8 Å². The van der Waals surface area contributed by atoms with Crippen LogP contribution in [0.15, 0.2) is 48.8 Å². The van der Waals surface area contributed by atoms with Crippen molar-refractivity contribution in [2.24, 2.45) is 0 Å². The van der Waals surface area contributed by atoms with E-state index >= 15 is 0 Å². The lowest BCUT2D eigenvalue weighted by Gasteiger charge is -2.28. The molecule has 9 nitrogen and oxygen atoms in total. The summed E-state index contributed by atoms with van der Waals surface area (Å²) in [4.78, 5) is 19.0. The molecule has 0 bridgehead atoms. The van der Waals surface area contributed by atoms with Crippen molar-refractivity contribution in [1.82, 2.24) is 19.9 Å². The number of benzene rings is 1. The van der Waals surface area contributed by atoms with Crippen molar-refractivity contribution < 1.29 is 14.2 Å². The van der Waals surface area contributed by atoms with Gasteiger partial charge in [-0.1, -0.05) is 0 Å². The van der Waals surface area contributed by atoms with Gasteiger partial charge in [0.25, 0.3) is 0 Å². The fourth-order valence-corrected chi connectivity index (χ4v) is 3.90. The standard InChI is InChI=1S/C25H28N6O3/c1-17-18(2)27-22-6-5-19(14-21(17)22)28-25-29-23(31-8-10-32-11-9-31)15-24(30-25)34-13-12-33-20-4-3-7-26-16-20/h3-7,14-16,27H,8-13H2,1-2H3,(H,28,29,30). The summed E-state index contributed by atoms with van der Waals surface area (Å²) >= 11 is 0. The van der Waals surface area contributed by atoms with E-state index in [4.69, 9.17) is 19.2 Å². The summed E-state index contributed by atoms with van der Waals surface area (Å²) in [6.45, 7) is 7.82. The molecule has 0 saturated carbocycles. The van der Waals surface area contributed by atoms with E-state index in [-0.39, 0.29) is 0 Å². The molecule has 0 amide bonds. The molecule has 4 heterocycles. The van der Waals surface area contributed by atoms with Gasteiger partial charge in [0.15, 0.2) is 0 Å². The van der Waals surface area contributed by atoms with Crippen LogP contribution < -0.4 is 19.7 Å². The zero-order valence-electron chi connectivity index (χ0n) is 19.4. The Labute approximate surface area is 198 Å². The number of ether oxygens (including phenoxy) is 3. The van der Waals surface area contributed by atoms with Gasteiger partial charge in [0.05, 0.1) is 19.4 Å². The molecule has 1 saturated heterocycles. The van der Waals surface area contributed by atoms with Crippen molar-refractivity contribution >= 4 is 28.4 Å². The number of fused-ring (bicyclic) bond motifs is 1. The molecular formula is C25H28N6O3. The molecule has 2 N–H and O–H groups in total. The minimum absolute atomic E-state index is 0.349. The van der Waals surface area contributed by atoms with Crippen LogP contribution in [-0.4, -0.2) is 59.5 Å². The second-order valence-electron chi connectivity index (χ2n) is 8.13. The van der Waals surface area contributed by atoms with Crippen molar-refractivity contribution in [3.63, 3.8) is 0 Å². The number of rotatable bonds is 8. The van der Waals surface area contributed by atoms with E-state index in [1.165, 1.54) is 16.6 Å². The van der Waals surface area contributed by atoms with E-state index in [2.05, 4.69) is 51.1 Å². The van der Waals surface area contributed by atoms with Gasteiger partial charge in [-0.05, 0) is 49.7 Å². The van der Waals surface area contributed by atoms with Gasteiger partial charge in [0, 0.05) is 47.6 Å². The molecule has 0 unspecified atom stereocenters. The monoisotopic (exact) mass is 460 g/mol. The van der Waals surface area contributed by atoms with Crippen LogP contribution >= 0.6 is 0 Å². The van der Waals surface area contributed by atoms with Crippen LogP contribution in [0.25, 0.3) is 10.9 Å². The van der Waals surface area contributed by atoms with Crippen molar-refractivity contribution in [3.05, 3.63) is 60.0 Å². The number of morpholine rings is 1. The Kier molecular flexibility index (Phi) is 6.44. The summed E-state index contributed by atoms with van der Waals surface area (Å²) in [7, 11) is 0. The first-order valence-electron chi connectivity index (χ1n) is 11.4. The quantitative estimate of drug-likeness (QED) is 0.381. The van der Waals surface area contributed by atoms with Gasteiger partial charge < -0.3 is 29.4 Å². The third-order valence-electron chi connectivity index (χ3n) is 5.82. The number of pyridine rings is 1. The summed E-state index contributed by atoms with van der Waals surface area (Å²) in [5, 5.41) is 4.53. The number of hydrogen-bond donors (Lipinski definition) is 2. The topological polar surface area (TPSA) is 97.4 Å². The summed E-state index contributed by atoms with van der Waals surface area (Å²) in [5.74, 6) is 2.48. The number of H-pyrrole nitrogens is 1. The Morgan fingerprint density at radius 3 is 2.74 bits per heavy atom. The van der Waals surface area contributed by atoms with Crippen LogP contribution in [0, 0.1) is 13.8 Å². The highest BCUT2D eigenvalue weighted by Crippen LogP contribution is 2.27. The molecule has 1 fully saturated rings. The van der Waals surface area contributed by atoms with Crippen molar-refractivity contribution in [2.75, 3.05) is 49.7 Å². The molecule has 9 heteroatoms. The number of nitrogens with zero attached hydrogens (tertiary/aromatic N) is 4. The molecular weight excluding hydrogens is 432 g/mol. The number of aromatic amines is 1. The fraction of sp³-hybridized carbons (Fsp3) is 0.320. The Morgan fingerprint density at radius 2 is 1.91 bits per heavy atom. The second-order valence-corrected chi connectivity index (χ2v) is 8.13. The highest BCUT2D eigenvalue weighted by Gasteiger charge is 2.16. The van der Waals surface area contributed by atoms with E-state index in [1.54, 1.807) is 12.4 Å². The van der Waals surface area contributed by atoms with E-state index in [0.717, 1.165) is 30.1 Å². The molecule has 4 aromatic rings. The lowest BCUT2D eigenvalue weighted by atomic mass is 10.1. The predicted octanol–water partition coefficient (Wildman–Crippen LogP) is 4.01. The number of anilines is 3. The molecule has 176 valence electrons. The first-order chi connectivity index (χ1) is 16.7. The average Bonchev–Trinajstić information content (AvgIpc) is 3.16. The number of hydrogen-bond acceptors (Lipinski definition) is 8. The SMILES string of the molecule is Cc1[nH]c2ccc(Nc3nc(OCCOc4cccnc4)cc(N4CCOCC4)n3)cc2c1C. The summed E-state index contributed by atoms with van der Waals surface area (Å²) in [5.41, 5.74) is 4.43. The van der Waals surface area contributed by atoms with E-state index in [1.807, 2.05) is 24.3 Å². The molecule has 0 aliphatic carbocycles. The second kappa shape index (κ2) is 9.96. The molecule has 1 aliphatic rings. The van der Waals surface area contributed by atoms with E-state index < -0.39 is 0 Å². The van der Waals surface area contributed by atoms with Crippen LogP contribution in [0.4, 0.5) is 17.5 Å². The molecule has 0 atom stereocenters. The summed E-state index contributed by atoms with van der Waals surface area (Å²) in [6, 6.07) is 11.8. The normalized spacial score (nSPS) is 13.8. The maximum absolute atomic E-state index is 5.93. The van der Waals surface area contributed by atoms with Crippen LogP contribution in [0.2, 0.25) is 0 Å². The maximum Gasteiger partial charge on any atom is 0.232 e. The maximum atomic E-state index is 5.93. The third kappa shape index (κ3) is 5.04. The summed E-state index contributed by atoms with van der Waals surface area (Å²) < 4.78 is 17.1. The largest absolute Gasteiger partial charge is 0.488 e. The highest BCUT2D eigenvalue weighted by atomic mass is 16.5. The lowest BCUT2D eigenvalue weighted by Crippen LogP contribution is -2.36. The average molecular weight is 461 g/mol. The van der Waals surface area contributed by atoms with Gasteiger partial charge in [-0.25, -0.2) is 0 Å². The van der Waals surface area contributed by atoms with Crippen molar-refractivity contribution in [3.8, 4) is 11.6 Å². The number of aromatic nitrogens is 4. The molecule has 0 radical (unpaired) electrons. The Morgan fingerprint density at radius 1 is 1.06 bits per heavy atom. The van der Waals surface area contributed by atoms with E-state index in [0.29, 0.717) is 44.0 Å². The van der Waals surface area contributed by atoms with Gasteiger partial charge in [0.1, 0.15) is 24.8 Å². The molecule has 3 aromatic heterocycles. The predicted molar refractivity (Wildman–Crippen MR) is 131 cm³/mol. The van der Waals surface area contributed by atoms with Crippen LogP contribution in [-0.2, 0) is 4.74 Å². The minimum Gasteiger partial charge on any atom is -0.488 e.